The van der Waals surface area contributed by atoms with E-state index in [-0.39, 0.29) is 5.91 Å². The first-order chi connectivity index (χ1) is 10.2. The van der Waals surface area contributed by atoms with Crippen LogP contribution in [0.2, 0.25) is 0 Å². The second-order valence-electron chi connectivity index (χ2n) is 6.31. The summed E-state index contributed by atoms with van der Waals surface area (Å²) in [6.07, 6.45) is 7.46. The molecule has 0 saturated carbocycles. The van der Waals surface area contributed by atoms with Gasteiger partial charge in [-0.2, -0.15) is 0 Å². The Morgan fingerprint density at radius 2 is 2.24 bits per heavy atom. The van der Waals surface area contributed by atoms with E-state index < -0.39 is 0 Å². The van der Waals surface area contributed by atoms with Crippen molar-refractivity contribution in [3.8, 4) is 0 Å². The average molecular weight is 287 g/mol. The molecule has 1 atom stereocenters. The van der Waals surface area contributed by atoms with Gasteiger partial charge in [0, 0.05) is 25.3 Å². The summed E-state index contributed by atoms with van der Waals surface area (Å²) in [5.41, 5.74) is 3.73. The van der Waals surface area contributed by atoms with Crippen LogP contribution in [0.5, 0.6) is 0 Å². The summed E-state index contributed by atoms with van der Waals surface area (Å²) >= 11 is 0. The molecule has 0 N–H and O–H groups in total. The van der Waals surface area contributed by atoms with Crippen molar-refractivity contribution in [2.45, 2.75) is 58.0 Å². The standard InChI is InChI=1S/C18H25NO2/c1-14-7-9-17-15(13-14)5-4-11-19(17)18(20)10-8-16-6-2-3-12-21-16/h7,9,13,16H,2-6,8,10-12H2,1H3/t16-/m1/s1. The minimum Gasteiger partial charge on any atom is -0.378 e. The van der Waals surface area contributed by atoms with Gasteiger partial charge >= 0.3 is 0 Å². The first kappa shape index (κ1) is 14.6. The number of nitrogens with zero attached hydrogens (tertiary/aromatic N) is 1. The molecule has 2 aliphatic heterocycles. The number of aryl methyl sites for hydroxylation is 2. The second-order valence-corrected chi connectivity index (χ2v) is 6.31. The van der Waals surface area contributed by atoms with E-state index in [0.717, 1.165) is 44.5 Å². The highest BCUT2D eigenvalue weighted by Gasteiger charge is 2.23. The SMILES string of the molecule is Cc1ccc2c(c1)CCCN2C(=O)CC[C@H]1CCCCO1. The van der Waals surface area contributed by atoms with Crippen LogP contribution in [-0.2, 0) is 16.0 Å². The Labute approximate surface area is 127 Å². The summed E-state index contributed by atoms with van der Waals surface area (Å²) in [5, 5.41) is 0. The van der Waals surface area contributed by atoms with Crippen molar-refractivity contribution >= 4 is 11.6 Å². The van der Waals surface area contributed by atoms with Gasteiger partial charge < -0.3 is 9.64 Å². The van der Waals surface area contributed by atoms with Crippen molar-refractivity contribution in [3.05, 3.63) is 29.3 Å². The number of hydrogen-bond acceptors (Lipinski definition) is 2. The summed E-state index contributed by atoms with van der Waals surface area (Å²) in [6.45, 7) is 3.84. The Bertz CT molecular complexity index is 506. The molecule has 0 unspecified atom stereocenters. The molecule has 1 aromatic rings. The third-order valence-corrected chi connectivity index (χ3v) is 4.61. The van der Waals surface area contributed by atoms with Gasteiger partial charge in [0.25, 0.3) is 0 Å². The molecule has 0 radical (unpaired) electrons. The molecule has 0 aromatic heterocycles. The lowest BCUT2D eigenvalue weighted by atomic mass is 9.98. The van der Waals surface area contributed by atoms with Crippen LogP contribution < -0.4 is 4.90 Å². The minimum absolute atomic E-state index is 0.258. The Balaban J connectivity index is 1.63. The molecule has 3 nitrogen and oxygen atoms in total. The molecule has 1 fully saturated rings. The third-order valence-electron chi connectivity index (χ3n) is 4.61. The zero-order valence-corrected chi connectivity index (χ0v) is 12.9. The number of benzene rings is 1. The van der Waals surface area contributed by atoms with Crippen LogP contribution in [0, 0.1) is 6.92 Å². The van der Waals surface area contributed by atoms with Gasteiger partial charge in [0.1, 0.15) is 0 Å². The quantitative estimate of drug-likeness (QED) is 0.849. The normalized spacial score (nSPS) is 22.0. The smallest absolute Gasteiger partial charge is 0.227 e. The number of anilines is 1. The fourth-order valence-electron chi connectivity index (χ4n) is 3.44. The lowest BCUT2D eigenvalue weighted by Gasteiger charge is -2.30. The fraction of sp³-hybridized carbons (Fsp3) is 0.611. The summed E-state index contributed by atoms with van der Waals surface area (Å²) in [6, 6.07) is 6.44. The van der Waals surface area contributed by atoms with Crippen LogP contribution in [0.4, 0.5) is 5.69 Å². The average Bonchev–Trinajstić information content (AvgIpc) is 2.52. The van der Waals surface area contributed by atoms with E-state index in [1.165, 1.54) is 24.0 Å². The monoisotopic (exact) mass is 287 g/mol. The summed E-state index contributed by atoms with van der Waals surface area (Å²) in [7, 11) is 0. The van der Waals surface area contributed by atoms with Crippen molar-refractivity contribution in [1.29, 1.82) is 0 Å². The van der Waals surface area contributed by atoms with Crippen molar-refractivity contribution in [1.82, 2.24) is 0 Å². The molecule has 2 heterocycles. The number of carbonyl (C=O) groups excluding carboxylic acids is 1. The van der Waals surface area contributed by atoms with E-state index in [1.54, 1.807) is 0 Å². The number of rotatable bonds is 3. The van der Waals surface area contributed by atoms with E-state index in [2.05, 4.69) is 25.1 Å². The van der Waals surface area contributed by atoms with Crippen LogP contribution in [0.15, 0.2) is 18.2 Å². The Kier molecular flexibility index (Phi) is 4.59. The number of carbonyl (C=O) groups is 1. The molecule has 1 amide bonds. The van der Waals surface area contributed by atoms with Crippen LogP contribution in [0.3, 0.4) is 0 Å². The van der Waals surface area contributed by atoms with E-state index in [0.29, 0.717) is 12.5 Å². The molecule has 0 aliphatic carbocycles. The Hall–Kier alpha value is -1.35. The van der Waals surface area contributed by atoms with Gasteiger partial charge in [0.2, 0.25) is 5.91 Å². The van der Waals surface area contributed by atoms with Gasteiger partial charge in [-0.05, 0) is 57.1 Å². The lowest BCUT2D eigenvalue weighted by Crippen LogP contribution is -2.36. The molecule has 0 bridgehead atoms. The predicted octanol–water partition coefficient (Wildman–Crippen LogP) is 3.62. The number of fused-ring (bicyclic) bond motifs is 1. The highest BCUT2D eigenvalue weighted by Crippen LogP contribution is 2.29. The molecule has 1 saturated heterocycles. The van der Waals surface area contributed by atoms with E-state index in [9.17, 15) is 4.79 Å². The van der Waals surface area contributed by atoms with Crippen LogP contribution in [0.1, 0.15) is 49.7 Å². The summed E-state index contributed by atoms with van der Waals surface area (Å²) < 4.78 is 5.73. The van der Waals surface area contributed by atoms with Gasteiger partial charge in [0.15, 0.2) is 0 Å². The van der Waals surface area contributed by atoms with Crippen LogP contribution >= 0.6 is 0 Å². The number of hydrogen-bond donors (Lipinski definition) is 0. The molecule has 3 rings (SSSR count). The van der Waals surface area contributed by atoms with Crippen LogP contribution in [-0.4, -0.2) is 25.2 Å². The van der Waals surface area contributed by atoms with Crippen molar-refractivity contribution in [3.63, 3.8) is 0 Å². The van der Waals surface area contributed by atoms with Gasteiger partial charge in [0.05, 0.1) is 6.10 Å². The van der Waals surface area contributed by atoms with Gasteiger partial charge in [-0.3, -0.25) is 4.79 Å². The second kappa shape index (κ2) is 6.61. The van der Waals surface area contributed by atoms with Crippen LogP contribution in [0.25, 0.3) is 0 Å². The molecule has 21 heavy (non-hydrogen) atoms. The summed E-state index contributed by atoms with van der Waals surface area (Å²) in [4.78, 5) is 14.5. The van der Waals surface area contributed by atoms with E-state index in [1.807, 2.05) is 4.90 Å². The Morgan fingerprint density at radius 1 is 1.33 bits per heavy atom. The first-order valence-electron chi connectivity index (χ1n) is 8.25. The maximum atomic E-state index is 12.6. The number of ether oxygens (including phenoxy) is 1. The lowest BCUT2D eigenvalue weighted by molar-refractivity contribution is -0.119. The van der Waals surface area contributed by atoms with Crippen molar-refractivity contribution < 1.29 is 9.53 Å². The third kappa shape index (κ3) is 3.46. The van der Waals surface area contributed by atoms with Crippen molar-refractivity contribution in [2.24, 2.45) is 0 Å². The molecular weight excluding hydrogens is 262 g/mol. The molecular formula is C18H25NO2. The van der Waals surface area contributed by atoms with Gasteiger partial charge in [-0.1, -0.05) is 17.7 Å². The largest absolute Gasteiger partial charge is 0.378 e. The topological polar surface area (TPSA) is 29.5 Å². The summed E-state index contributed by atoms with van der Waals surface area (Å²) in [5.74, 6) is 0.258. The van der Waals surface area contributed by atoms with Gasteiger partial charge in [-0.25, -0.2) is 0 Å². The van der Waals surface area contributed by atoms with Crippen molar-refractivity contribution in [2.75, 3.05) is 18.1 Å². The zero-order chi connectivity index (χ0) is 14.7. The van der Waals surface area contributed by atoms with E-state index >= 15 is 0 Å². The molecule has 2 aliphatic rings. The minimum atomic E-state index is 0.258. The molecule has 1 aromatic carbocycles. The molecule has 0 spiro atoms. The maximum Gasteiger partial charge on any atom is 0.227 e. The highest BCUT2D eigenvalue weighted by atomic mass is 16.5. The fourth-order valence-corrected chi connectivity index (χ4v) is 3.44. The molecule has 3 heteroatoms. The highest BCUT2D eigenvalue weighted by molar-refractivity contribution is 5.94. The van der Waals surface area contributed by atoms with E-state index in [4.69, 9.17) is 4.74 Å². The zero-order valence-electron chi connectivity index (χ0n) is 12.9. The number of amides is 1. The molecule has 114 valence electrons. The Morgan fingerprint density at radius 3 is 3.05 bits per heavy atom. The maximum absolute atomic E-state index is 12.6. The van der Waals surface area contributed by atoms with Gasteiger partial charge in [-0.15, -0.1) is 0 Å². The predicted molar refractivity (Wildman–Crippen MR) is 84.7 cm³/mol. The first-order valence-corrected chi connectivity index (χ1v) is 8.25.